The fourth-order valence-corrected chi connectivity index (χ4v) is 2.31. The number of benzene rings is 2. The summed E-state index contributed by atoms with van der Waals surface area (Å²) in [5.74, 6) is -1.46. The number of ketones is 1. The van der Waals surface area contributed by atoms with Gasteiger partial charge in [0.05, 0.1) is 23.2 Å². The number of nitriles is 1. The average molecular weight is 350 g/mol. The molecular formula is C20H18N2O4. The number of nitrogens with zero attached hydrogens (tertiary/aromatic N) is 1. The molecule has 2 aromatic rings. The van der Waals surface area contributed by atoms with Crippen LogP contribution in [0.3, 0.4) is 0 Å². The fourth-order valence-electron chi connectivity index (χ4n) is 2.31. The molecule has 0 spiro atoms. The van der Waals surface area contributed by atoms with Crippen molar-refractivity contribution in [3.8, 4) is 6.07 Å². The number of carbonyl (C=O) groups excluding carboxylic acids is 3. The van der Waals surface area contributed by atoms with Crippen LogP contribution < -0.4 is 5.32 Å². The maximum Gasteiger partial charge on any atom is 0.338 e. The first kappa shape index (κ1) is 18.9. The number of esters is 1. The summed E-state index contributed by atoms with van der Waals surface area (Å²) in [7, 11) is 0. The number of hydrogen-bond donors (Lipinski definition) is 1. The topological polar surface area (TPSA) is 96.3 Å². The van der Waals surface area contributed by atoms with Crippen molar-refractivity contribution in [3.63, 3.8) is 0 Å². The molecule has 6 nitrogen and oxygen atoms in total. The minimum absolute atomic E-state index is 0.184. The van der Waals surface area contributed by atoms with Gasteiger partial charge in [-0.2, -0.15) is 5.26 Å². The summed E-state index contributed by atoms with van der Waals surface area (Å²) in [4.78, 5) is 35.7. The molecule has 6 heteroatoms. The molecule has 0 fully saturated rings. The van der Waals surface area contributed by atoms with Crippen LogP contribution in [0.2, 0.25) is 0 Å². The van der Waals surface area contributed by atoms with Crippen LogP contribution in [0.4, 0.5) is 0 Å². The molecule has 1 atom stereocenters. The number of rotatable bonds is 7. The Kier molecular flexibility index (Phi) is 6.63. The molecule has 0 aliphatic heterocycles. The van der Waals surface area contributed by atoms with Crippen molar-refractivity contribution in [2.75, 3.05) is 6.61 Å². The van der Waals surface area contributed by atoms with Gasteiger partial charge in [-0.1, -0.05) is 36.4 Å². The normalized spacial score (nSPS) is 11.1. The highest BCUT2D eigenvalue weighted by atomic mass is 16.5. The van der Waals surface area contributed by atoms with E-state index in [2.05, 4.69) is 5.32 Å². The van der Waals surface area contributed by atoms with Gasteiger partial charge in [0.1, 0.15) is 0 Å². The first-order valence-electron chi connectivity index (χ1n) is 8.00. The molecule has 1 N–H and O–H groups in total. The summed E-state index contributed by atoms with van der Waals surface area (Å²) in [6, 6.07) is 16.5. The van der Waals surface area contributed by atoms with E-state index in [4.69, 9.17) is 10.00 Å². The van der Waals surface area contributed by atoms with Gasteiger partial charge in [0.2, 0.25) is 0 Å². The van der Waals surface area contributed by atoms with Gasteiger partial charge < -0.3 is 10.1 Å². The minimum Gasteiger partial charge on any atom is -0.452 e. The third kappa shape index (κ3) is 5.56. The van der Waals surface area contributed by atoms with E-state index >= 15 is 0 Å². The van der Waals surface area contributed by atoms with Crippen molar-refractivity contribution in [2.45, 2.75) is 19.4 Å². The van der Waals surface area contributed by atoms with E-state index in [1.807, 2.05) is 36.4 Å². The van der Waals surface area contributed by atoms with Gasteiger partial charge in [-0.25, -0.2) is 4.79 Å². The molecule has 1 amide bonds. The zero-order valence-electron chi connectivity index (χ0n) is 14.3. The maximum absolute atomic E-state index is 12.0. The first-order valence-corrected chi connectivity index (χ1v) is 8.00. The van der Waals surface area contributed by atoms with E-state index in [-0.39, 0.29) is 11.3 Å². The fraction of sp³-hybridized carbons (Fsp3) is 0.200. The molecule has 0 aromatic heterocycles. The average Bonchev–Trinajstić information content (AvgIpc) is 2.66. The van der Waals surface area contributed by atoms with Crippen LogP contribution in [0.25, 0.3) is 0 Å². The summed E-state index contributed by atoms with van der Waals surface area (Å²) < 4.78 is 4.95. The quantitative estimate of drug-likeness (QED) is 0.771. The molecule has 0 heterocycles. The summed E-state index contributed by atoms with van der Waals surface area (Å²) in [5.41, 5.74) is 1.42. The molecule has 0 aliphatic carbocycles. The zero-order chi connectivity index (χ0) is 18.9. The number of hydrogen-bond acceptors (Lipinski definition) is 5. The molecule has 26 heavy (non-hydrogen) atoms. The Hall–Kier alpha value is -3.46. The second-order valence-corrected chi connectivity index (χ2v) is 5.69. The molecule has 0 aliphatic rings. The van der Waals surface area contributed by atoms with Crippen LogP contribution >= 0.6 is 0 Å². The van der Waals surface area contributed by atoms with Gasteiger partial charge in [-0.3, -0.25) is 9.59 Å². The summed E-state index contributed by atoms with van der Waals surface area (Å²) in [6.45, 7) is 0.890. The second-order valence-electron chi connectivity index (χ2n) is 5.69. The molecule has 2 aromatic carbocycles. The Labute approximate surface area is 151 Å². The highest BCUT2D eigenvalue weighted by molar-refractivity contribution is 5.92. The summed E-state index contributed by atoms with van der Waals surface area (Å²) >= 11 is 0. The van der Waals surface area contributed by atoms with E-state index in [1.165, 1.54) is 19.1 Å². The summed E-state index contributed by atoms with van der Waals surface area (Å²) in [5, 5.41) is 11.4. The van der Waals surface area contributed by atoms with Gasteiger partial charge >= 0.3 is 5.97 Å². The lowest BCUT2D eigenvalue weighted by molar-refractivity contribution is -0.128. The van der Waals surface area contributed by atoms with E-state index in [9.17, 15) is 14.4 Å². The first-order chi connectivity index (χ1) is 12.5. The van der Waals surface area contributed by atoms with Gasteiger partial charge in [-0.05, 0) is 37.1 Å². The molecule has 0 saturated carbocycles. The number of carbonyl (C=O) groups is 3. The zero-order valence-corrected chi connectivity index (χ0v) is 14.3. The largest absolute Gasteiger partial charge is 0.452 e. The molecule has 0 saturated heterocycles. The highest BCUT2D eigenvalue weighted by Crippen LogP contribution is 2.07. The van der Waals surface area contributed by atoms with Crippen LogP contribution in [-0.2, 0) is 20.7 Å². The molecule has 0 unspecified atom stereocenters. The van der Waals surface area contributed by atoms with Crippen LogP contribution in [0, 0.1) is 11.3 Å². The third-order valence-electron chi connectivity index (χ3n) is 3.67. The number of amides is 1. The smallest absolute Gasteiger partial charge is 0.338 e. The standard InChI is InChI=1S/C20H18N2O4/c1-14(23)18(11-15-6-3-2-4-7-15)22-19(24)13-26-20(25)17-9-5-8-16(10-17)12-21/h2-10,18H,11,13H2,1H3,(H,22,24)/t18-/m1/s1. The lowest BCUT2D eigenvalue weighted by Gasteiger charge is -2.16. The summed E-state index contributed by atoms with van der Waals surface area (Å²) in [6.07, 6.45) is 0.361. The van der Waals surface area contributed by atoms with E-state index < -0.39 is 24.5 Å². The number of nitrogens with one attached hydrogen (secondary N) is 1. The van der Waals surface area contributed by atoms with Crippen molar-refractivity contribution in [1.82, 2.24) is 5.32 Å². The predicted molar refractivity (Wildman–Crippen MR) is 94.2 cm³/mol. The Balaban J connectivity index is 1.90. The third-order valence-corrected chi connectivity index (χ3v) is 3.67. The van der Waals surface area contributed by atoms with Crippen molar-refractivity contribution in [2.24, 2.45) is 0 Å². The molecule has 132 valence electrons. The highest BCUT2D eigenvalue weighted by Gasteiger charge is 2.19. The minimum atomic E-state index is -0.709. The Morgan fingerprint density at radius 2 is 1.85 bits per heavy atom. The molecule has 2 rings (SSSR count). The van der Waals surface area contributed by atoms with Gasteiger partial charge in [0.25, 0.3) is 5.91 Å². The van der Waals surface area contributed by atoms with E-state index in [1.54, 1.807) is 12.1 Å². The van der Waals surface area contributed by atoms with Crippen molar-refractivity contribution < 1.29 is 19.1 Å². The Morgan fingerprint density at radius 3 is 2.50 bits per heavy atom. The van der Waals surface area contributed by atoms with Crippen molar-refractivity contribution >= 4 is 17.7 Å². The molecular weight excluding hydrogens is 332 g/mol. The van der Waals surface area contributed by atoms with Crippen molar-refractivity contribution in [3.05, 3.63) is 71.3 Å². The van der Waals surface area contributed by atoms with Crippen LogP contribution in [0.1, 0.15) is 28.4 Å². The monoisotopic (exact) mass is 350 g/mol. The predicted octanol–water partition coefficient (Wildman–Crippen LogP) is 2.03. The maximum atomic E-state index is 12.0. The van der Waals surface area contributed by atoms with Crippen molar-refractivity contribution in [1.29, 1.82) is 5.26 Å². The van der Waals surface area contributed by atoms with Gasteiger partial charge in [0, 0.05) is 0 Å². The van der Waals surface area contributed by atoms with Gasteiger partial charge in [0.15, 0.2) is 12.4 Å². The second kappa shape index (κ2) is 9.14. The van der Waals surface area contributed by atoms with Crippen LogP contribution in [-0.4, -0.2) is 30.3 Å². The van der Waals surface area contributed by atoms with E-state index in [0.717, 1.165) is 5.56 Å². The van der Waals surface area contributed by atoms with E-state index in [0.29, 0.717) is 12.0 Å². The molecule has 0 radical (unpaired) electrons. The van der Waals surface area contributed by atoms with Gasteiger partial charge in [-0.15, -0.1) is 0 Å². The lowest BCUT2D eigenvalue weighted by atomic mass is 10.0. The lowest BCUT2D eigenvalue weighted by Crippen LogP contribution is -2.43. The number of ether oxygens (including phenoxy) is 1. The SMILES string of the molecule is CC(=O)[C@@H](Cc1ccccc1)NC(=O)COC(=O)c1cccc(C#N)c1. The number of Topliss-reactive ketones (excluding diaryl/α,β-unsaturated/α-hetero) is 1. The van der Waals surface area contributed by atoms with Crippen LogP contribution in [0.5, 0.6) is 0 Å². The van der Waals surface area contributed by atoms with Crippen LogP contribution in [0.15, 0.2) is 54.6 Å². The molecule has 0 bridgehead atoms. The Morgan fingerprint density at radius 1 is 1.12 bits per heavy atom. The Bertz CT molecular complexity index is 840.